The zero-order valence-corrected chi connectivity index (χ0v) is 18.5. The molecule has 2 aromatic rings. The average Bonchev–Trinajstić information content (AvgIpc) is 2.75. The summed E-state index contributed by atoms with van der Waals surface area (Å²) < 4.78 is 11.9. The van der Waals surface area contributed by atoms with Gasteiger partial charge in [-0.05, 0) is 49.4 Å². The number of ether oxygens (including phenoxy) is 2. The lowest BCUT2D eigenvalue weighted by molar-refractivity contribution is -0.119. The fourth-order valence-corrected chi connectivity index (χ4v) is 4.12. The zero-order chi connectivity index (χ0) is 21.3. The van der Waals surface area contributed by atoms with E-state index < -0.39 is 0 Å². The molecule has 0 spiro atoms. The van der Waals surface area contributed by atoms with Crippen molar-refractivity contribution in [2.45, 2.75) is 58.1 Å². The topological polar surface area (TPSA) is 63.7 Å². The van der Waals surface area contributed by atoms with Gasteiger partial charge >= 0.3 is 0 Å². The summed E-state index contributed by atoms with van der Waals surface area (Å²) in [6.07, 6.45) is 7.34. The van der Waals surface area contributed by atoms with Gasteiger partial charge in [-0.15, -0.1) is 0 Å². The van der Waals surface area contributed by atoms with Gasteiger partial charge in [-0.3, -0.25) is 14.7 Å². The molecular formula is C24H35N3O3. The van der Waals surface area contributed by atoms with Gasteiger partial charge in [-0.1, -0.05) is 19.4 Å². The van der Waals surface area contributed by atoms with Gasteiger partial charge in [-0.25, -0.2) is 0 Å². The van der Waals surface area contributed by atoms with E-state index in [4.69, 9.17) is 9.47 Å². The smallest absolute Gasteiger partial charge is 0.216 e. The van der Waals surface area contributed by atoms with Crippen LogP contribution < -0.4 is 10.1 Å². The van der Waals surface area contributed by atoms with Crippen molar-refractivity contribution in [1.29, 1.82) is 0 Å². The van der Waals surface area contributed by atoms with E-state index in [0.717, 1.165) is 49.0 Å². The fourth-order valence-electron chi connectivity index (χ4n) is 4.12. The number of rotatable bonds is 10. The molecule has 1 atom stereocenters. The lowest BCUT2D eigenvalue weighted by Crippen LogP contribution is -2.50. The molecule has 1 aliphatic rings. The van der Waals surface area contributed by atoms with Crippen molar-refractivity contribution in [3.05, 3.63) is 36.0 Å². The number of amides is 1. The lowest BCUT2D eigenvalue weighted by atomic mass is 10.0. The van der Waals surface area contributed by atoms with Gasteiger partial charge in [0.1, 0.15) is 17.4 Å². The van der Waals surface area contributed by atoms with Crippen molar-refractivity contribution >= 4 is 16.8 Å². The first-order valence-corrected chi connectivity index (χ1v) is 11.1. The number of carbonyl (C=O) groups excluding carboxylic acids is 1. The summed E-state index contributed by atoms with van der Waals surface area (Å²) in [5, 5.41) is 4.07. The van der Waals surface area contributed by atoms with Crippen LogP contribution in [0.3, 0.4) is 0 Å². The van der Waals surface area contributed by atoms with Crippen LogP contribution in [0.2, 0.25) is 0 Å². The Hall–Kier alpha value is -2.18. The summed E-state index contributed by atoms with van der Waals surface area (Å²) in [6, 6.07) is 8.72. The molecule has 0 bridgehead atoms. The number of pyridine rings is 1. The molecule has 1 saturated heterocycles. The van der Waals surface area contributed by atoms with E-state index in [1.165, 1.54) is 18.4 Å². The quantitative estimate of drug-likeness (QED) is 0.645. The van der Waals surface area contributed by atoms with E-state index in [0.29, 0.717) is 13.2 Å². The molecule has 164 valence electrons. The maximum atomic E-state index is 11.3. The average molecular weight is 414 g/mol. The Morgan fingerprint density at radius 2 is 2.13 bits per heavy atom. The van der Waals surface area contributed by atoms with Crippen molar-refractivity contribution in [3.63, 3.8) is 0 Å². The fraction of sp³-hybridized carbons (Fsp3) is 0.583. The predicted octanol–water partition coefficient (Wildman–Crippen LogP) is 3.57. The molecule has 3 rings (SSSR count). The number of hydrogen-bond donors (Lipinski definition) is 1. The van der Waals surface area contributed by atoms with E-state index in [1.807, 2.05) is 12.3 Å². The standard InChI is InChI=1S/C24H35N3O3/c1-4-5-7-19-14-20-8-6-11-25-24(20)23(15-19)30-22-9-12-27(13-10-22)21(17-29-3)16-26-18(2)28/h6,8,11,14-15,21-22H,4-5,7,9-10,12-13,16-17H2,1-3H3,(H,26,28). The number of fused-ring (bicyclic) bond motifs is 1. The molecule has 0 aliphatic carbocycles. The van der Waals surface area contributed by atoms with Gasteiger partial charge in [0.05, 0.1) is 12.6 Å². The van der Waals surface area contributed by atoms with Gasteiger partial charge in [0.2, 0.25) is 5.91 Å². The minimum absolute atomic E-state index is 0.00310. The normalized spacial score (nSPS) is 16.5. The maximum Gasteiger partial charge on any atom is 0.216 e. The molecule has 0 radical (unpaired) electrons. The monoisotopic (exact) mass is 413 g/mol. The molecule has 1 amide bonds. The number of piperidine rings is 1. The third-order valence-electron chi connectivity index (χ3n) is 5.78. The van der Waals surface area contributed by atoms with Crippen LogP contribution >= 0.6 is 0 Å². The second kappa shape index (κ2) is 11.3. The summed E-state index contributed by atoms with van der Waals surface area (Å²) in [4.78, 5) is 18.3. The molecule has 1 unspecified atom stereocenters. The molecule has 1 fully saturated rings. The largest absolute Gasteiger partial charge is 0.488 e. The maximum absolute atomic E-state index is 11.3. The van der Waals surface area contributed by atoms with Crippen LogP contribution in [-0.4, -0.2) is 61.3 Å². The second-order valence-corrected chi connectivity index (χ2v) is 8.17. The number of methoxy groups -OCH3 is 1. The summed E-state index contributed by atoms with van der Waals surface area (Å²) in [6.45, 7) is 6.86. The Morgan fingerprint density at radius 1 is 1.33 bits per heavy atom. The summed E-state index contributed by atoms with van der Waals surface area (Å²) >= 11 is 0. The molecule has 0 saturated carbocycles. The Kier molecular flexibility index (Phi) is 8.46. The highest BCUT2D eigenvalue weighted by Gasteiger charge is 2.26. The van der Waals surface area contributed by atoms with E-state index in [9.17, 15) is 4.79 Å². The van der Waals surface area contributed by atoms with Gasteiger partial charge in [0.25, 0.3) is 0 Å². The van der Waals surface area contributed by atoms with Crippen molar-refractivity contribution in [3.8, 4) is 5.75 Å². The van der Waals surface area contributed by atoms with E-state index in [-0.39, 0.29) is 18.1 Å². The summed E-state index contributed by atoms with van der Waals surface area (Å²) in [5.41, 5.74) is 2.27. The first-order valence-electron chi connectivity index (χ1n) is 11.1. The van der Waals surface area contributed by atoms with Crippen LogP contribution in [0.25, 0.3) is 10.9 Å². The van der Waals surface area contributed by atoms with Crippen LogP contribution in [-0.2, 0) is 16.0 Å². The number of carbonyl (C=O) groups is 1. The molecule has 30 heavy (non-hydrogen) atoms. The number of unbranched alkanes of at least 4 members (excludes halogenated alkanes) is 1. The number of aromatic nitrogens is 1. The molecular weight excluding hydrogens is 378 g/mol. The predicted molar refractivity (Wildman–Crippen MR) is 120 cm³/mol. The molecule has 1 N–H and O–H groups in total. The van der Waals surface area contributed by atoms with E-state index >= 15 is 0 Å². The van der Waals surface area contributed by atoms with E-state index in [1.54, 1.807) is 14.0 Å². The van der Waals surface area contributed by atoms with Crippen LogP contribution in [0.5, 0.6) is 5.75 Å². The van der Waals surface area contributed by atoms with Gasteiger partial charge in [0, 0.05) is 45.3 Å². The Morgan fingerprint density at radius 3 is 2.83 bits per heavy atom. The number of aryl methyl sites for hydroxylation is 1. The molecule has 1 aliphatic heterocycles. The lowest BCUT2D eigenvalue weighted by Gasteiger charge is -2.37. The summed E-state index contributed by atoms with van der Waals surface area (Å²) in [7, 11) is 1.71. The molecule has 1 aromatic carbocycles. The van der Waals surface area contributed by atoms with Gasteiger partial charge in [-0.2, -0.15) is 0 Å². The highest BCUT2D eigenvalue weighted by Crippen LogP contribution is 2.29. The molecule has 6 nitrogen and oxygen atoms in total. The SMILES string of the molecule is CCCCc1cc(OC2CCN(C(CNC(C)=O)COC)CC2)c2ncccc2c1. The molecule has 2 heterocycles. The van der Waals surface area contributed by atoms with E-state index in [2.05, 4.69) is 40.3 Å². The Balaban J connectivity index is 1.65. The number of hydrogen-bond acceptors (Lipinski definition) is 5. The first kappa shape index (κ1) is 22.5. The Bertz CT molecular complexity index is 818. The minimum Gasteiger partial charge on any atom is -0.488 e. The first-order chi connectivity index (χ1) is 14.6. The van der Waals surface area contributed by atoms with Crippen LogP contribution in [0.4, 0.5) is 0 Å². The molecule has 1 aromatic heterocycles. The van der Waals surface area contributed by atoms with Crippen molar-refractivity contribution in [2.24, 2.45) is 0 Å². The number of benzene rings is 1. The Labute approximate surface area is 179 Å². The van der Waals surface area contributed by atoms with Crippen molar-refractivity contribution < 1.29 is 14.3 Å². The number of nitrogens with one attached hydrogen (secondary N) is 1. The third-order valence-corrected chi connectivity index (χ3v) is 5.78. The van der Waals surface area contributed by atoms with Crippen molar-refractivity contribution in [2.75, 3.05) is 33.4 Å². The number of likely N-dealkylation sites (tertiary alicyclic amines) is 1. The molecule has 6 heteroatoms. The van der Waals surface area contributed by atoms with Crippen LogP contribution in [0.15, 0.2) is 30.5 Å². The van der Waals surface area contributed by atoms with Crippen LogP contribution in [0.1, 0.15) is 45.1 Å². The van der Waals surface area contributed by atoms with Crippen LogP contribution in [0, 0.1) is 0 Å². The minimum atomic E-state index is -0.00310. The number of nitrogens with zero attached hydrogens (tertiary/aromatic N) is 2. The third kappa shape index (κ3) is 6.16. The summed E-state index contributed by atoms with van der Waals surface area (Å²) in [5.74, 6) is 0.904. The second-order valence-electron chi connectivity index (χ2n) is 8.17. The van der Waals surface area contributed by atoms with Crippen molar-refractivity contribution in [1.82, 2.24) is 15.2 Å². The zero-order valence-electron chi connectivity index (χ0n) is 18.5. The van der Waals surface area contributed by atoms with Gasteiger partial charge in [0.15, 0.2) is 0 Å². The van der Waals surface area contributed by atoms with Gasteiger partial charge < -0.3 is 14.8 Å². The highest BCUT2D eigenvalue weighted by atomic mass is 16.5. The highest BCUT2D eigenvalue weighted by molar-refractivity contribution is 5.85.